The number of rotatable bonds is 8. The first-order chi connectivity index (χ1) is 12.0. The Balaban J connectivity index is 1.78. The Morgan fingerprint density at radius 3 is 2.80 bits per heavy atom. The average Bonchev–Trinajstić information content (AvgIpc) is 3.03. The van der Waals surface area contributed by atoms with Crippen molar-refractivity contribution in [2.24, 2.45) is 10.9 Å². The smallest absolute Gasteiger partial charge is 0.193 e. The molecular formula is C18H29N3O3S. The molecule has 1 unspecified atom stereocenters. The van der Waals surface area contributed by atoms with Crippen LogP contribution in [0.2, 0.25) is 0 Å². The molecule has 1 saturated heterocycles. The number of hydrogen-bond donors (Lipinski definition) is 1. The van der Waals surface area contributed by atoms with Crippen LogP contribution < -0.4 is 5.32 Å². The van der Waals surface area contributed by atoms with Crippen molar-refractivity contribution in [3.8, 4) is 0 Å². The SMILES string of the molecule is CCNC(=NCCS(C)(=O)=O)N1CCC(COCc2ccccc2)C1. The van der Waals surface area contributed by atoms with Gasteiger partial charge >= 0.3 is 0 Å². The molecule has 1 heterocycles. The number of sulfone groups is 1. The van der Waals surface area contributed by atoms with Crippen molar-refractivity contribution in [1.29, 1.82) is 0 Å². The first kappa shape index (κ1) is 19.7. The fraction of sp³-hybridized carbons (Fsp3) is 0.611. The molecule has 1 aliphatic heterocycles. The van der Waals surface area contributed by atoms with Gasteiger partial charge in [0.2, 0.25) is 0 Å². The van der Waals surface area contributed by atoms with E-state index in [-0.39, 0.29) is 5.75 Å². The van der Waals surface area contributed by atoms with E-state index in [1.54, 1.807) is 0 Å². The Kier molecular flexibility index (Phi) is 7.71. The lowest BCUT2D eigenvalue weighted by atomic mass is 10.1. The van der Waals surface area contributed by atoms with Crippen LogP contribution in [0.15, 0.2) is 35.3 Å². The van der Waals surface area contributed by atoms with E-state index in [9.17, 15) is 8.42 Å². The zero-order valence-corrected chi connectivity index (χ0v) is 16.0. The second kappa shape index (κ2) is 9.77. The number of hydrogen-bond acceptors (Lipinski definition) is 4. The highest BCUT2D eigenvalue weighted by molar-refractivity contribution is 7.90. The largest absolute Gasteiger partial charge is 0.376 e. The number of nitrogens with one attached hydrogen (secondary N) is 1. The second-order valence-corrected chi connectivity index (χ2v) is 8.73. The monoisotopic (exact) mass is 367 g/mol. The fourth-order valence-electron chi connectivity index (χ4n) is 2.82. The molecule has 7 heteroatoms. The summed E-state index contributed by atoms with van der Waals surface area (Å²) in [6.07, 6.45) is 2.30. The molecule has 0 bridgehead atoms. The zero-order chi connectivity index (χ0) is 18.1. The van der Waals surface area contributed by atoms with Gasteiger partial charge in [0.15, 0.2) is 5.96 Å². The first-order valence-electron chi connectivity index (χ1n) is 8.80. The second-order valence-electron chi connectivity index (χ2n) is 6.47. The van der Waals surface area contributed by atoms with Gasteiger partial charge in [-0.15, -0.1) is 0 Å². The highest BCUT2D eigenvalue weighted by Crippen LogP contribution is 2.17. The molecule has 1 N–H and O–H groups in total. The molecule has 0 amide bonds. The van der Waals surface area contributed by atoms with Gasteiger partial charge in [0, 0.05) is 31.8 Å². The molecule has 1 aliphatic rings. The lowest BCUT2D eigenvalue weighted by Gasteiger charge is -2.21. The first-order valence-corrected chi connectivity index (χ1v) is 10.9. The minimum Gasteiger partial charge on any atom is -0.376 e. The van der Waals surface area contributed by atoms with Crippen molar-refractivity contribution in [2.75, 3.05) is 44.8 Å². The Morgan fingerprint density at radius 1 is 1.36 bits per heavy atom. The average molecular weight is 368 g/mol. The number of benzene rings is 1. The molecule has 2 rings (SSSR count). The molecule has 0 aliphatic carbocycles. The molecule has 0 radical (unpaired) electrons. The van der Waals surface area contributed by atoms with Crippen LogP contribution in [0.5, 0.6) is 0 Å². The summed E-state index contributed by atoms with van der Waals surface area (Å²) in [7, 11) is -2.98. The van der Waals surface area contributed by atoms with Crippen LogP contribution in [0.25, 0.3) is 0 Å². The fourth-order valence-corrected chi connectivity index (χ4v) is 3.24. The number of aliphatic imine (C=N–C) groups is 1. The third kappa shape index (κ3) is 7.44. The maximum absolute atomic E-state index is 11.3. The van der Waals surface area contributed by atoms with Crippen molar-refractivity contribution in [3.63, 3.8) is 0 Å². The molecule has 1 atom stereocenters. The van der Waals surface area contributed by atoms with Gasteiger partial charge in [-0.3, -0.25) is 4.99 Å². The molecule has 0 spiro atoms. The molecule has 0 saturated carbocycles. The van der Waals surface area contributed by atoms with Gasteiger partial charge in [0.1, 0.15) is 9.84 Å². The van der Waals surface area contributed by atoms with Crippen molar-refractivity contribution in [1.82, 2.24) is 10.2 Å². The molecule has 0 aromatic heterocycles. The van der Waals surface area contributed by atoms with E-state index in [4.69, 9.17) is 4.74 Å². The van der Waals surface area contributed by atoms with E-state index in [0.717, 1.165) is 38.6 Å². The van der Waals surface area contributed by atoms with Crippen LogP contribution in [0.4, 0.5) is 0 Å². The standard InChI is InChI=1S/C18H29N3O3S/c1-3-19-18(20-10-12-25(2,22)23)21-11-9-17(13-21)15-24-14-16-7-5-4-6-8-16/h4-8,17H,3,9-15H2,1-2H3,(H,19,20). The third-order valence-corrected chi connectivity index (χ3v) is 5.03. The molecule has 140 valence electrons. The van der Waals surface area contributed by atoms with Crippen LogP contribution in [0.1, 0.15) is 18.9 Å². The topological polar surface area (TPSA) is 71.0 Å². The van der Waals surface area contributed by atoms with Crippen molar-refractivity contribution >= 4 is 15.8 Å². The number of guanidine groups is 1. The summed E-state index contributed by atoms with van der Waals surface area (Å²) < 4.78 is 28.4. The molecule has 1 fully saturated rings. The Morgan fingerprint density at radius 2 is 2.12 bits per heavy atom. The van der Waals surface area contributed by atoms with Gasteiger partial charge in [-0.1, -0.05) is 30.3 Å². The predicted octanol–water partition coefficient (Wildman–Crippen LogP) is 1.54. The molecule has 25 heavy (non-hydrogen) atoms. The van der Waals surface area contributed by atoms with Crippen molar-refractivity contribution in [2.45, 2.75) is 20.0 Å². The van der Waals surface area contributed by atoms with Gasteiger partial charge in [0.05, 0.1) is 25.5 Å². The molecule has 6 nitrogen and oxygen atoms in total. The quantitative estimate of drug-likeness (QED) is 0.557. The highest BCUT2D eigenvalue weighted by Gasteiger charge is 2.25. The Labute approximate surface area is 151 Å². The van der Waals surface area contributed by atoms with E-state index in [2.05, 4.69) is 27.3 Å². The highest BCUT2D eigenvalue weighted by atomic mass is 32.2. The van der Waals surface area contributed by atoms with Crippen LogP contribution in [-0.4, -0.2) is 64.1 Å². The maximum Gasteiger partial charge on any atom is 0.193 e. The van der Waals surface area contributed by atoms with Gasteiger partial charge < -0.3 is 15.0 Å². The van der Waals surface area contributed by atoms with Crippen LogP contribution >= 0.6 is 0 Å². The summed E-state index contributed by atoms with van der Waals surface area (Å²) in [6.45, 7) is 6.26. The van der Waals surface area contributed by atoms with Crippen LogP contribution in [0.3, 0.4) is 0 Å². The van der Waals surface area contributed by atoms with Crippen molar-refractivity contribution < 1.29 is 13.2 Å². The summed E-state index contributed by atoms with van der Waals surface area (Å²) in [5.41, 5.74) is 1.19. The molecule has 1 aromatic rings. The summed E-state index contributed by atoms with van der Waals surface area (Å²) in [4.78, 5) is 6.65. The number of likely N-dealkylation sites (tertiary alicyclic amines) is 1. The van der Waals surface area contributed by atoms with E-state index in [1.807, 2.05) is 25.1 Å². The van der Waals surface area contributed by atoms with E-state index >= 15 is 0 Å². The van der Waals surface area contributed by atoms with Gasteiger partial charge in [-0.2, -0.15) is 0 Å². The van der Waals surface area contributed by atoms with Gasteiger partial charge in [0.25, 0.3) is 0 Å². The van der Waals surface area contributed by atoms with Gasteiger partial charge in [-0.05, 0) is 18.9 Å². The number of ether oxygens (including phenoxy) is 1. The molecule has 1 aromatic carbocycles. The summed E-state index contributed by atoms with van der Waals surface area (Å²) in [5, 5.41) is 3.25. The van der Waals surface area contributed by atoms with E-state index in [0.29, 0.717) is 19.1 Å². The minimum absolute atomic E-state index is 0.0827. The minimum atomic E-state index is -2.98. The number of nitrogens with zero attached hydrogens (tertiary/aromatic N) is 2. The summed E-state index contributed by atoms with van der Waals surface area (Å²) >= 11 is 0. The zero-order valence-electron chi connectivity index (χ0n) is 15.1. The maximum atomic E-state index is 11.3. The Bertz CT molecular complexity index is 647. The lowest BCUT2D eigenvalue weighted by molar-refractivity contribution is 0.0907. The predicted molar refractivity (Wildman–Crippen MR) is 101 cm³/mol. The lowest BCUT2D eigenvalue weighted by Crippen LogP contribution is -2.40. The van der Waals surface area contributed by atoms with E-state index in [1.165, 1.54) is 11.8 Å². The van der Waals surface area contributed by atoms with Crippen LogP contribution in [-0.2, 0) is 21.2 Å². The third-order valence-electron chi connectivity index (χ3n) is 4.11. The summed E-state index contributed by atoms with van der Waals surface area (Å²) in [6, 6.07) is 10.2. The van der Waals surface area contributed by atoms with Crippen LogP contribution in [0, 0.1) is 5.92 Å². The Hall–Kier alpha value is -1.60. The van der Waals surface area contributed by atoms with Gasteiger partial charge in [-0.25, -0.2) is 8.42 Å². The normalized spacial score (nSPS) is 18.6. The molecular weight excluding hydrogens is 338 g/mol. The van der Waals surface area contributed by atoms with E-state index < -0.39 is 9.84 Å². The van der Waals surface area contributed by atoms with Crippen molar-refractivity contribution in [3.05, 3.63) is 35.9 Å². The summed E-state index contributed by atoms with van der Waals surface area (Å²) in [5.74, 6) is 1.36.